The van der Waals surface area contributed by atoms with Crippen molar-refractivity contribution in [1.82, 2.24) is 4.98 Å². The van der Waals surface area contributed by atoms with Crippen molar-refractivity contribution in [2.45, 2.75) is 46.6 Å². The molecule has 0 aliphatic carbocycles. The lowest BCUT2D eigenvalue weighted by molar-refractivity contribution is 0.0464. The van der Waals surface area contributed by atoms with Gasteiger partial charge in [0.15, 0.2) is 5.69 Å². The molecule has 0 radical (unpaired) electrons. The van der Waals surface area contributed by atoms with Crippen LogP contribution in [0.3, 0.4) is 0 Å². The molecule has 0 fully saturated rings. The van der Waals surface area contributed by atoms with Gasteiger partial charge in [-0.3, -0.25) is 0 Å². The van der Waals surface area contributed by atoms with Gasteiger partial charge in [0.2, 0.25) is 0 Å². The number of hydrogen-bond acceptors (Lipinski definition) is 3. The molecule has 25 heavy (non-hydrogen) atoms. The van der Waals surface area contributed by atoms with Crippen LogP contribution in [-0.2, 0) is 16.8 Å². The van der Waals surface area contributed by atoms with Gasteiger partial charge in [0.1, 0.15) is 6.61 Å². The zero-order valence-electron chi connectivity index (χ0n) is 14.8. The Kier molecular flexibility index (Phi) is 6.03. The van der Waals surface area contributed by atoms with Crippen molar-refractivity contribution < 1.29 is 9.53 Å². The smallest absolute Gasteiger partial charge is 0.358 e. The number of aromatic nitrogens is 1. The molecule has 1 aromatic heterocycles. The summed E-state index contributed by atoms with van der Waals surface area (Å²) in [6.45, 7) is 10.7. The van der Waals surface area contributed by atoms with Crippen molar-refractivity contribution in [2.24, 2.45) is 0 Å². The van der Waals surface area contributed by atoms with E-state index in [1.165, 1.54) is 11.8 Å². The first kappa shape index (κ1) is 20.0. The molecule has 0 spiro atoms. The molecule has 0 bridgehead atoms. The van der Waals surface area contributed by atoms with E-state index in [-0.39, 0.29) is 32.8 Å². The van der Waals surface area contributed by atoms with Crippen LogP contribution < -0.4 is 0 Å². The molecular formula is C19H20Cl3NO2. The van der Waals surface area contributed by atoms with Gasteiger partial charge in [0.25, 0.3) is 0 Å². The molecule has 0 unspecified atom stereocenters. The lowest BCUT2D eigenvalue weighted by Crippen LogP contribution is -2.14. The summed E-state index contributed by atoms with van der Waals surface area (Å²) in [5.41, 5.74) is 4.38. The monoisotopic (exact) mass is 399 g/mol. The normalized spacial score (nSPS) is 11.5. The number of esters is 1. The quantitative estimate of drug-likeness (QED) is 0.566. The molecule has 6 heteroatoms. The van der Waals surface area contributed by atoms with Crippen LogP contribution in [0.4, 0.5) is 0 Å². The number of carbonyl (C=O) groups excluding carboxylic acids is 1. The fourth-order valence-electron chi connectivity index (χ4n) is 2.45. The Morgan fingerprint density at radius 1 is 1.08 bits per heavy atom. The van der Waals surface area contributed by atoms with Crippen LogP contribution in [0, 0.1) is 13.8 Å². The van der Waals surface area contributed by atoms with Gasteiger partial charge in [0, 0.05) is 6.20 Å². The molecule has 0 aliphatic heterocycles. The van der Waals surface area contributed by atoms with Crippen LogP contribution in [0.25, 0.3) is 0 Å². The van der Waals surface area contributed by atoms with E-state index < -0.39 is 5.97 Å². The first-order valence-corrected chi connectivity index (χ1v) is 8.93. The number of ether oxygens (including phenoxy) is 1. The molecular weight excluding hydrogens is 381 g/mol. The molecule has 0 amide bonds. The van der Waals surface area contributed by atoms with Gasteiger partial charge in [-0.05, 0) is 41.5 Å². The molecule has 0 saturated carbocycles. The van der Waals surface area contributed by atoms with Crippen LogP contribution in [0.5, 0.6) is 0 Å². The summed E-state index contributed by atoms with van der Waals surface area (Å²) in [5, 5.41) is 0.274. The van der Waals surface area contributed by atoms with E-state index in [0.717, 1.165) is 16.7 Å². The Labute approximate surface area is 163 Å². The van der Waals surface area contributed by atoms with Gasteiger partial charge in [-0.2, -0.15) is 0 Å². The molecule has 3 nitrogen and oxygen atoms in total. The van der Waals surface area contributed by atoms with Crippen molar-refractivity contribution in [3.63, 3.8) is 0 Å². The molecule has 134 valence electrons. The summed E-state index contributed by atoms with van der Waals surface area (Å²) >= 11 is 17.8. The number of rotatable bonds is 3. The number of halogens is 3. The lowest BCUT2D eigenvalue weighted by Gasteiger charge is -2.22. The number of nitrogens with zero attached hydrogens (tertiary/aromatic N) is 1. The summed E-state index contributed by atoms with van der Waals surface area (Å²) < 4.78 is 5.39. The zero-order valence-corrected chi connectivity index (χ0v) is 17.1. The third kappa shape index (κ3) is 4.46. The van der Waals surface area contributed by atoms with Crippen molar-refractivity contribution in [2.75, 3.05) is 0 Å². The Balaban J connectivity index is 2.22. The summed E-state index contributed by atoms with van der Waals surface area (Å²) in [6, 6.07) is 4.25. The van der Waals surface area contributed by atoms with Crippen LogP contribution in [0.2, 0.25) is 15.1 Å². The van der Waals surface area contributed by atoms with E-state index in [0.29, 0.717) is 0 Å². The van der Waals surface area contributed by atoms with E-state index in [1.807, 2.05) is 13.8 Å². The minimum absolute atomic E-state index is 0.00399. The van der Waals surface area contributed by atoms with Crippen LogP contribution in [0.1, 0.15) is 53.5 Å². The second-order valence-corrected chi connectivity index (χ2v) is 8.16. The summed E-state index contributed by atoms with van der Waals surface area (Å²) in [7, 11) is 0. The fraction of sp³-hybridized carbons (Fsp3) is 0.368. The number of benzene rings is 1. The highest BCUT2D eigenvalue weighted by atomic mass is 35.5. The predicted molar refractivity (Wildman–Crippen MR) is 103 cm³/mol. The Bertz CT molecular complexity index is 803. The minimum atomic E-state index is -0.637. The maximum absolute atomic E-state index is 12.3. The number of carbonyl (C=O) groups is 1. The highest BCUT2D eigenvalue weighted by molar-refractivity contribution is 6.48. The third-order valence-corrected chi connectivity index (χ3v) is 5.26. The van der Waals surface area contributed by atoms with Crippen LogP contribution >= 0.6 is 34.8 Å². The first-order chi connectivity index (χ1) is 11.5. The molecule has 0 N–H and O–H groups in total. The van der Waals surface area contributed by atoms with E-state index in [4.69, 9.17) is 39.5 Å². The first-order valence-electron chi connectivity index (χ1n) is 7.79. The largest absolute Gasteiger partial charge is 0.456 e. The van der Waals surface area contributed by atoms with Crippen molar-refractivity contribution >= 4 is 40.8 Å². The Morgan fingerprint density at radius 3 is 2.16 bits per heavy atom. The topological polar surface area (TPSA) is 39.2 Å². The predicted octanol–water partition coefficient (Wildman–Crippen LogP) is 6.31. The van der Waals surface area contributed by atoms with E-state index >= 15 is 0 Å². The van der Waals surface area contributed by atoms with Crippen LogP contribution in [0.15, 0.2) is 18.3 Å². The van der Waals surface area contributed by atoms with Gasteiger partial charge in [0.05, 0.1) is 15.1 Å². The fourth-order valence-corrected chi connectivity index (χ4v) is 3.00. The highest BCUT2D eigenvalue weighted by Crippen LogP contribution is 2.32. The third-order valence-electron chi connectivity index (χ3n) is 4.02. The van der Waals surface area contributed by atoms with Gasteiger partial charge >= 0.3 is 5.97 Å². The maximum Gasteiger partial charge on any atom is 0.358 e. The standard InChI is InChI=1S/C19H20Cl3NO2/c1-10-6-12(19(3,4)5)7-11(2)13(10)9-25-18(24)17-16(22)15(21)14(20)8-23-17/h6-8H,9H2,1-5H3. The average Bonchev–Trinajstić information content (AvgIpc) is 2.50. The molecule has 1 heterocycles. The summed E-state index contributed by atoms with van der Waals surface area (Å²) in [5.74, 6) is -0.637. The molecule has 2 aromatic rings. The lowest BCUT2D eigenvalue weighted by atomic mass is 9.84. The highest BCUT2D eigenvalue weighted by Gasteiger charge is 2.20. The van der Waals surface area contributed by atoms with Crippen molar-refractivity contribution in [3.05, 3.63) is 61.3 Å². The number of aryl methyl sites for hydroxylation is 2. The van der Waals surface area contributed by atoms with Gasteiger partial charge < -0.3 is 4.74 Å². The number of hydrogen-bond donors (Lipinski definition) is 0. The number of pyridine rings is 1. The average molecular weight is 401 g/mol. The summed E-state index contributed by atoms with van der Waals surface area (Å²) in [6.07, 6.45) is 1.28. The molecule has 2 rings (SSSR count). The minimum Gasteiger partial charge on any atom is -0.456 e. The molecule has 0 atom stereocenters. The van der Waals surface area contributed by atoms with Gasteiger partial charge in [-0.1, -0.05) is 67.7 Å². The van der Waals surface area contributed by atoms with E-state index in [1.54, 1.807) is 0 Å². The molecule has 0 saturated heterocycles. The van der Waals surface area contributed by atoms with Crippen molar-refractivity contribution in [3.8, 4) is 0 Å². The van der Waals surface area contributed by atoms with Crippen LogP contribution in [-0.4, -0.2) is 11.0 Å². The maximum atomic E-state index is 12.3. The molecule has 0 aliphatic rings. The SMILES string of the molecule is Cc1cc(C(C)(C)C)cc(C)c1COC(=O)c1ncc(Cl)c(Cl)c1Cl. The second kappa shape index (κ2) is 7.53. The van der Waals surface area contributed by atoms with E-state index in [2.05, 4.69) is 37.9 Å². The van der Waals surface area contributed by atoms with Gasteiger partial charge in [-0.25, -0.2) is 9.78 Å². The Hall–Kier alpha value is -1.29. The van der Waals surface area contributed by atoms with Crippen molar-refractivity contribution in [1.29, 1.82) is 0 Å². The van der Waals surface area contributed by atoms with Gasteiger partial charge in [-0.15, -0.1) is 0 Å². The zero-order chi connectivity index (χ0) is 18.9. The summed E-state index contributed by atoms with van der Waals surface area (Å²) in [4.78, 5) is 16.2. The van der Waals surface area contributed by atoms with E-state index in [9.17, 15) is 4.79 Å². The molecule has 1 aromatic carbocycles. The second-order valence-electron chi connectivity index (χ2n) is 7.00. The Morgan fingerprint density at radius 2 is 1.64 bits per heavy atom.